The van der Waals surface area contributed by atoms with Crippen LogP contribution in [0.3, 0.4) is 0 Å². The highest BCUT2D eigenvalue weighted by molar-refractivity contribution is 9.10. The van der Waals surface area contributed by atoms with Gasteiger partial charge in [-0.2, -0.15) is 0 Å². The molecule has 4 nitrogen and oxygen atoms in total. The van der Waals surface area contributed by atoms with Crippen molar-refractivity contribution in [3.05, 3.63) is 33.8 Å². The number of likely N-dealkylation sites (tertiary alicyclic amines) is 1. The van der Waals surface area contributed by atoms with Gasteiger partial charge in [0.1, 0.15) is 0 Å². The van der Waals surface area contributed by atoms with Crippen molar-refractivity contribution in [1.29, 1.82) is 0 Å². The number of piperidine rings is 1. The lowest BCUT2D eigenvalue weighted by Crippen LogP contribution is -2.42. The first-order valence-electron chi connectivity index (χ1n) is 7.24. The molecule has 0 aliphatic carbocycles. The third kappa shape index (κ3) is 4.06. The molecule has 1 atom stereocenters. The molecule has 0 aromatic heterocycles. The molecular weight excluding hydrogens is 334 g/mol. The van der Waals surface area contributed by atoms with Gasteiger partial charge in [0.2, 0.25) is 0 Å². The van der Waals surface area contributed by atoms with Gasteiger partial charge in [-0.05, 0) is 50.5 Å². The molecule has 0 bridgehead atoms. The quantitative estimate of drug-likeness (QED) is 0.784. The summed E-state index contributed by atoms with van der Waals surface area (Å²) in [5.74, 6) is -0.412. The Kier molecular flexibility index (Phi) is 5.39. The maximum atomic E-state index is 12.6. The molecule has 0 radical (unpaired) electrons. The van der Waals surface area contributed by atoms with Crippen molar-refractivity contribution in [3.63, 3.8) is 0 Å². The largest absolute Gasteiger partial charge is 0.466 e. The summed E-state index contributed by atoms with van der Waals surface area (Å²) in [6.07, 6.45) is 1.63. The van der Waals surface area contributed by atoms with Crippen molar-refractivity contribution in [3.8, 4) is 0 Å². The van der Waals surface area contributed by atoms with E-state index in [0.29, 0.717) is 25.3 Å². The van der Waals surface area contributed by atoms with E-state index in [9.17, 15) is 9.59 Å². The van der Waals surface area contributed by atoms with E-state index in [1.54, 1.807) is 11.8 Å². The van der Waals surface area contributed by atoms with E-state index in [-0.39, 0.29) is 17.8 Å². The van der Waals surface area contributed by atoms with Crippen LogP contribution < -0.4 is 0 Å². The van der Waals surface area contributed by atoms with Gasteiger partial charge in [0.15, 0.2) is 0 Å². The zero-order valence-corrected chi connectivity index (χ0v) is 14.0. The summed E-state index contributed by atoms with van der Waals surface area (Å²) in [7, 11) is 0. The molecule has 5 heteroatoms. The van der Waals surface area contributed by atoms with Gasteiger partial charge in [-0.15, -0.1) is 0 Å². The fraction of sp³-hybridized carbons (Fsp3) is 0.500. The van der Waals surface area contributed by atoms with Gasteiger partial charge in [0, 0.05) is 23.1 Å². The van der Waals surface area contributed by atoms with Gasteiger partial charge >= 0.3 is 5.97 Å². The highest BCUT2D eigenvalue weighted by atomic mass is 79.9. The van der Waals surface area contributed by atoms with Crippen molar-refractivity contribution in [2.75, 3.05) is 19.7 Å². The molecule has 1 aromatic rings. The van der Waals surface area contributed by atoms with Gasteiger partial charge in [0.25, 0.3) is 5.91 Å². The second kappa shape index (κ2) is 7.07. The maximum Gasteiger partial charge on any atom is 0.310 e. The number of hydrogen-bond donors (Lipinski definition) is 0. The van der Waals surface area contributed by atoms with Crippen LogP contribution >= 0.6 is 15.9 Å². The SMILES string of the molecule is CCOC(=O)C1CCCN(C(=O)c2cc(C)cc(Br)c2)C1. The van der Waals surface area contributed by atoms with Gasteiger partial charge in [-0.25, -0.2) is 0 Å². The predicted octanol–water partition coefficient (Wildman–Crippen LogP) is 3.17. The summed E-state index contributed by atoms with van der Waals surface area (Å²) >= 11 is 3.42. The Morgan fingerprint density at radius 2 is 2.14 bits per heavy atom. The molecule has 1 aliphatic rings. The Balaban J connectivity index is 2.10. The molecule has 114 valence electrons. The van der Waals surface area contributed by atoms with E-state index in [1.165, 1.54) is 0 Å². The smallest absolute Gasteiger partial charge is 0.310 e. The Bertz CT molecular complexity index is 524. The van der Waals surface area contributed by atoms with E-state index in [1.807, 2.05) is 25.1 Å². The van der Waals surface area contributed by atoms with Crippen LogP contribution in [-0.2, 0) is 9.53 Å². The molecule has 2 rings (SSSR count). The van der Waals surface area contributed by atoms with E-state index in [2.05, 4.69) is 15.9 Å². The minimum absolute atomic E-state index is 0.0200. The van der Waals surface area contributed by atoms with Crippen LogP contribution in [0.4, 0.5) is 0 Å². The summed E-state index contributed by atoms with van der Waals surface area (Å²) < 4.78 is 5.96. The normalized spacial score (nSPS) is 18.4. The average Bonchev–Trinajstić information content (AvgIpc) is 2.46. The van der Waals surface area contributed by atoms with Crippen LogP contribution in [0.1, 0.15) is 35.7 Å². The number of aryl methyl sites for hydroxylation is 1. The van der Waals surface area contributed by atoms with E-state index < -0.39 is 0 Å². The molecule has 1 saturated heterocycles. The van der Waals surface area contributed by atoms with E-state index >= 15 is 0 Å². The molecule has 0 N–H and O–H groups in total. The van der Waals surface area contributed by atoms with Crippen LogP contribution in [0.2, 0.25) is 0 Å². The van der Waals surface area contributed by atoms with Crippen molar-refractivity contribution in [1.82, 2.24) is 4.90 Å². The Hall–Kier alpha value is -1.36. The van der Waals surface area contributed by atoms with Crippen LogP contribution in [0.5, 0.6) is 0 Å². The molecule has 1 heterocycles. The first-order valence-corrected chi connectivity index (χ1v) is 8.03. The minimum atomic E-state index is -0.198. The lowest BCUT2D eigenvalue weighted by atomic mass is 9.97. The standard InChI is InChI=1S/C16H20BrNO3/c1-3-21-16(20)12-5-4-6-18(10-12)15(19)13-7-11(2)8-14(17)9-13/h7-9,12H,3-6,10H2,1-2H3. The van der Waals surface area contributed by atoms with Gasteiger partial charge in [0.05, 0.1) is 12.5 Å². The third-order valence-corrected chi connectivity index (χ3v) is 4.08. The number of hydrogen-bond acceptors (Lipinski definition) is 3. The lowest BCUT2D eigenvalue weighted by Gasteiger charge is -2.31. The number of carbonyl (C=O) groups excluding carboxylic acids is 2. The first-order chi connectivity index (χ1) is 10.0. The number of esters is 1. The van der Waals surface area contributed by atoms with Crippen LogP contribution in [0.15, 0.2) is 22.7 Å². The molecule has 0 spiro atoms. The molecular formula is C16H20BrNO3. The number of benzene rings is 1. The van der Waals surface area contributed by atoms with Crippen molar-refractivity contribution in [2.45, 2.75) is 26.7 Å². The number of carbonyl (C=O) groups is 2. The average molecular weight is 354 g/mol. The molecule has 1 aromatic carbocycles. The molecule has 1 unspecified atom stereocenters. The van der Waals surface area contributed by atoms with Gasteiger partial charge in [-0.3, -0.25) is 9.59 Å². The van der Waals surface area contributed by atoms with Crippen molar-refractivity contribution >= 4 is 27.8 Å². The minimum Gasteiger partial charge on any atom is -0.466 e. The second-order valence-corrected chi connectivity index (χ2v) is 6.28. The van der Waals surface area contributed by atoms with Crippen molar-refractivity contribution in [2.24, 2.45) is 5.92 Å². The second-order valence-electron chi connectivity index (χ2n) is 5.36. The molecule has 1 amide bonds. The summed E-state index contributed by atoms with van der Waals surface area (Å²) in [5.41, 5.74) is 1.69. The van der Waals surface area contributed by atoms with Crippen LogP contribution in [0, 0.1) is 12.8 Å². The topological polar surface area (TPSA) is 46.6 Å². The highest BCUT2D eigenvalue weighted by Gasteiger charge is 2.29. The third-order valence-electron chi connectivity index (χ3n) is 3.62. The number of rotatable bonds is 3. The highest BCUT2D eigenvalue weighted by Crippen LogP contribution is 2.22. The molecule has 1 aliphatic heterocycles. The Morgan fingerprint density at radius 1 is 1.38 bits per heavy atom. The van der Waals surface area contributed by atoms with Gasteiger partial charge in [-0.1, -0.05) is 15.9 Å². The summed E-state index contributed by atoms with van der Waals surface area (Å²) in [4.78, 5) is 26.2. The van der Waals surface area contributed by atoms with Gasteiger partial charge < -0.3 is 9.64 Å². The Morgan fingerprint density at radius 3 is 2.81 bits per heavy atom. The van der Waals surface area contributed by atoms with Crippen molar-refractivity contribution < 1.29 is 14.3 Å². The molecule has 21 heavy (non-hydrogen) atoms. The zero-order valence-electron chi connectivity index (χ0n) is 12.4. The monoisotopic (exact) mass is 353 g/mol. The van der Waals surface area contributed by atoms with Crippen LogP contribution in [0.25, 0.3) is 0 Å². The maximum absolute atomic E-state index is 12.6. The van der Waals surface area contributed by atoms with Crippen LogP contribution in [-0.4, -0.2) is 36.5 Å². The fourth-order valence-corrected chi connectivity index (χ4v) is 3.26. The number of nitrogens with zero attached hydrogens (tertiary/aromatic N) is 1. The Labute approximate surface area is 133 Å². The van der Waals surface area contributed by atoms with E-state index in [0.717, 1.165) is 22.9 Å². The summed E-state index contributed by atoms with van der Waals surface area (Å²) in [6.45, 7) is 5.28. The summed E-state index contributed by atoms with van der Waals surface area (Å²) in [5, 5.41) is 0. The lowest BCUT2D eigenvalue weighted by molar-refractivity contribution is -0.149. The number of halogens is 1. The zero-order chi connectivity index (χ0) is 15.4. The predicted molar refractivity (Wildman–Crippen MR) is 84.1 cm³/mol. The summed E-state index contributed by atoms with van der Waals surface area (Å²) in [6, 6.07) is 5.67. The number of ether oxygens (including phenoxy) is 1. The number of amides is 1. The molecule has 0 saturated carbocycles. The van der Waals surface area contributed by atoms with E-state index in [4.69, 9.17) is 4.74 Å². The fourth-order valence-electron chi connectivity index (χ4n) is 2.66. The first kappa shape index (κ1) is 16.0. The molecule has 1 fully saturated rings.